The van der Waals surface area contributed by atoms with E-state index >= 15 is 0 Å². The fourth-order valence-electron chi connectivity index (χ4n) is 3.01. The molecule has 0 saturated heterocycles. The first-order chi connectivity index (χ1) is 13.6. The molecule has 0 unspecified atom stereocenters. The lowest BCUT2D eigenvalue weighted by molar-refractivity contribution is -0.110. The van der Waals surface area contributed by atoms with E-state index in [2.05, 4.69) is 10.3 Å². The maximum Gasteiger partial charge on any atom is 0.256 e. The van der Waals surface area contributed by atoms with Crippen molar-refractivity contribution >= 4 is 34.8 Å². The van der Waals surface area contributed by atoms with E-state index in [9.17, 15) is 4.79 Å². The lowest BCUT2D eigenvalue weighted by Crippen LogP contribution is -2.03. The molecule has 3 aromatic rings. The van der Waals surface area contributed by atoms with Crippen molar-refractivity contribution in [2.75, 3.05) is 12.4 Å². The molecule has 2 aromatic carbocycles. The van der Waals surface area contributed by atoms with E-state index in [-0.39, 0.29) is 5.91 Å². The number of ether oxygens (including phenoxy) is 2. The molecule has 0 atom stereocenters. The van der Waals surface area contributed by atoms with Crippen molar-refractivity contribution in [2.45, 2.75) is 6.61 Å². The van der Waals surface area contributed by atoms with E-state index in [0.29, 0.717) is 34.4 Å². The van der Waals surface area contributed by atoms with Crippen molar-refractivity contribution in [2.24, 2.45) is 0 Å². The smallest absolute Gasteiger partial charge is 0.256 e. The first-order valence-electron chi connectivity index (χ1n) is 8.68. The summed E-state index contributed by atoms with van der Waals surface area (Å²) in [6.45, 7) is 0.341. The van der Waals surface area contributed by atoms with Crippen molar-refractivity contribution in [1.29, 1.82) is 0 Å². The molecule has 0 saturated carbocycles. The van der Waals surface area contributed by atoms with Gasteiger partial charge >= 0.3 is 0 Å². The number of nitrogens with one attached hydrogen (secondary N) is 1. The predicted molar refractivity (Wildman–Crippen MR) is 110 cm³/mol. The van der Waals surface area contributed by atoms with E-state index in [1.807, 2.05) is 48.5 Å². The van der Waals surface area contributed by atoms with Crippen LogP contribution in [0.2, 0.25) is 5.02 Å². The van der Waals surface area contributed by atoms with Crippen molar-refractivity contribution in [3.63, 3.8) is 0 Å². The van der Waals surface area contributed by atoms with E-state index < -0.39 is 0 Å². The first-order valence-corrected chi connectivity index (χ1v) is 9.05. The number of fused-ring (bicyclic) bond motifs is 1. The lowest BCUT2D eigenvalue weighted by Gasteiger charge is -2.11. The van der Waals surface area contributed by atoms with Gasteiger partial charge in [-0.05, 0) is 48.0 Å². The molecule has 6 heteroatoms. The number of hydrogen-bond donors (Lipinski definition) is 1. The molecule has 1 aromatic heterocycles. The van der Waals surface area contributed by atoms with E-state index in [1.165, 1.54) is 0 Å². The molecule has 1 aliphatic heterocycles. The number of halogens is 1. The molecule has 0 aliphatic carbocycles. The fraction of sp³-hybridized carbons (Fsp3) is 0.0909. The Morgan fingerprint density at radius 2 is 2.00 bits per heavy atom. The third-order valence-corrected chi connectivity index (χ3v) is 4.60. The zero-order valence-electron chi connectivity index (χ0n) is 15.1. The standard InChI is InChI=1S/C22H17ClN2O3/c1-27-21-11-14(5-8-20(21)28-13-16-4-2-3-9-24-16)10-18-17-7-6-15(23)12-19(17)25-22(18)26/h2-12H,13H2,1H3,(H,25,26)/b18-10-. The number of rotatable bonds is 5. The predicted octanol–water partition coefficient (Wildman–Crippen LogP) is 4.82. The number of aromatic nitrogens is 1. The van der Waals surface area contributed by atoms with Crippen LogP contribution in [0.4, 0.5) is 5.69 Å². The molecular formula is C22H17ClN2O3. The van der Waals surface area contributed by atoms with Gasteiger partial charge in [-0.1, -0.05) is 29.8 Å². The van der Waals surface area contributed by atoms with Crippen LogP contribution >= 0.6 is 11.6 Å². The van der Waals surface area contributed by atoms with Gasteiger partial charge in [-0.15, -0.1) is 0 Å². The monoisotopic (exact) mass is 392 g/mol. The Labute approximate surface area is 167 Å². The Hall–Kier alpha value is -3.31. The number of amides is 1. The minimum Gasteiger partial charge on any atom is -0.493 e. The summed E-state index contributed by atoms with van der Waals surface area (Å²) >= 11 is 6.00. The van der Waals surface area contributed by atoms with Crippen molar-refractivity contribution in [1.82, 2.24) is 4.98 Å². The molecule has 0 bridgehead atoms. The zero-order valence-corrected chi connectivity index (χ0v) is 15.9. The minimum absolute atomic E-state index is 0.160. The highest BCUT2D eigenvalue weighted by molar-refractivity contribution is 6.36. The SMILES string of the molecule is COc1cc(/C=C2\C(=O)Nc3cc(Cl)ccc32)ccc1OCc1ccccn1. The van der Waals surface area contributed by atoms with Crippen LogP contribution in [0.5, 0.6) is 11.5 Å². The average molecular weight is 393 g/mol. The van der Waals surface area contributed by atoms with Gasteiger partial charge in [0.2, 0.25) is 0 Å². The zero-order chi connectivity index (χ0) is 19.5. The summed E-state index contributed by atoms with van der Waals surface area (Å²) in [5.74, 6) is 1.03. The van der Waals surface area contributed by atoms with Crippen LogP contribution in [0.1, 0.15) is 16.8 Å². The third-order valence-electron chi connectivity index (χ3n) is 4.37. The number of pyridine rings is 1. The molecule has 0 spiro atoms. The summed E-state index contributed by atoms with van der Waals surface area (Å²) in [6.07, 6.45) is 3.54. The number of anilines is 1. The highest BCUT2D eigenvalue weighted by Gasteiger charge is 2.24. The van der Waals surface area contributed by atoms with Gasteiger partial charge in [0.05, 0.1) is 18.5 Å². The summed E-state index contributed by atoms with van der Waals surface area (Å²) in [5, 5.41) is 3.41. The Morgan fingerprint density at radius 1 is 1.11 bits per heavy atom. The van der Waals surface area contributed by atoms with Crippen LogP contribution in [0, 0.1) is 0 Å². The Bertz CT molecular complexity index is 1060. The van der Waals surface area contributed by atoms with E-state index in [0.717, 1.165) is 16.8 Å². The minimum atomic E-state index is -0.160. The second-order valence-electron chi connectivity index (χ2n) is 6.22. The molecule has 140 valence electrons. The van der Waals surface area contributed by atoms with Crippen molar-refractivity contribution in [3.05, 3.63) is 82.6 Å². The second-order valence-corrected chi connectivity index (χ2v) is 6.66. The van der Waals surface area contributed by atoms with Gasteiger partial charge in [-0.25, -0.2) is 0 Å². The number of methoxy groups -OCH3 is 1. The summed E-state index contributed by atoms with van der Waals surface area (Å²) in [7, 11) is 1.58. The molecule has 1 aliphatic rings. The topological polar surface area (TPSA) is 60.5 Å². The molecule has 1 amide bonds. The fourth-order valence-corrected chi connectivity index (χ4v) is 3.18. The Balaban J connectivity index is 1.60. The molecule has 4 rings (SSSR count). The number of hydrogen-bond acceptors (Lipinski definition) is 4. The van der Waals surface area contributed by atoms with Crippen molar-refractivity contribution in [3.8, 4) is 11.5 Å². The Kier molecular flexibility index (Phi) is 5.00. The highest BCUT2D eigenvalue weighted by atomic mass is 35.5. The van der Waals surface area contributed by atoms with E-state index in [1.54, 1.807) is 25.4 Å². The number of nitrogens with zero attached hydrogens (tertiary/aromatic N) is 1. The normalized spacial score (nSPS) is 13.9. The quantitative estimate of drug-likeness (QED) is 0.632. The largest absolute Gasteiger partial charge is 0.493 e. The van der Waals surface area contributed by atoms with Gasteiger partial charge in [-0.2, -0.15) is 0 Å². The molecular weight excluding hydrogens is 376 g/mol. The van der Waals surface area contributed by atoms with Crippen LogP contribution in [0.15, 0.2) is 60.8 Å². The summed E-state index contributed by atoms with van der Waals surface area (Å²) in [5.41, 5.74) is 3.77. The maximum absolute atomic E-state index is 12.3. The van der Waals surface area contributed by atoms with Crippen LogP contribution < -0.4 is 14.8 Å². The third kappa shape index (κ3) is 3.70. The maximum atomic E-state index is 12.3. The first kappa shape index (κ1) is 18.1. The summed E-state index contributed by atoms with van der Waals surface area (Å²) in [4.78, 5) is 16.6. The van der Waals surface area contributed by atoms with E-state index in [4.69, 9.17) is 21.1 Å². The molecule has 28 heavy (non-hydrogen) atoms. The van der Waals surface area contributed by atoms with Gasteiger partial charge in [0.15, 0.2) is 11.5 Å². The van der Waals surface area contributed by atoms with Gasteiger partial charge in [0.1, 0.15) is 6.61 Å². The summed E-state index contributed by atoms with van der Waals surface area (Å²) in [6, 6.07) is 16.6. The molecule has 1 N–H and O–H groups in total. The highest BCUT2D eigenvalue weighted by Crippen LogP contribution is 2.36. The Morgan fingerprint density at radius 3 is 2.79 bits per heavy atom. The molecule has 0 fully saturated rings. The summed E-state index contributed by atoms with van der Waals surface area (Å²) < 4.78 is 11.3. The number of carbonyl (C=O) groups excluding carboxylic acids is 1. The van der Waals surface area contributed by atoms with Crippen LogP contribution in [-0.4, -0.2) is 18.0 Å². The van der Waals surface area contributed by atoms with Crippen LogP contribution in [0.3, 0.4) is 0 Å². The number of carbonyl (C=O) groups is 1. The van der Waals surface area contributed by atoms with Gasteiger partial charge in [-0.3, -0.25) is 9.78 Å². The molecule has 2 heterocycles. The molecule has 5 nitrogen and oxygen atoms in total. The van der Waals surface area contributed by atoms with Gasteiger partial charge in [0.25, 0.3) is 5.91 Å². The number of benzene rings is 2. The van der Waals surface area contributed by atoms with Gasteiger partial charge < -0.3 is 14.8 Å². The second kappa shape index (κ2) is 7.74. The molecule has 0 radical (unpaired) electrons. The average Bonchev–Trinajstić information content (AvgIpc) is 3.01. The lowest BCUT2D eigenvalue weighted by atomic mass is 10.0. The van der Waals surface area contributed by atoms with Crippen LogP contribution in [0.25, 0.3) is 11.6 Å². The van der Waals surface area contributed by atoms with Gasteiger partial charge in [0, 0.05) is 22.4 Å². The van der Waals surface area contributed by atoms with Crippen LogP contribution in [-0.2, 0) is 11.4 Å². The van der Waals surface area contributed by atoms with Crippen molar-refractivity contribution < 1.29 is 14.3 Å².